The maximum Gasteiger partial charge on any atom is 0.130 e. The molecule has 0 spiro atoms. The van der Waals surface area contributed by atoms with Crippen LogP contribution in [0.4, 0.5) is 0 Å². The molecule has 2 aromatic carbocycles. The summed E-state index contributed by atoms with van der Waals surface area (Å²) in [4.78, 5) is 2.50. The van der Waals surface area contributed by atoms with Gasteiger partial charge in [0.2, 0.25) is 0 Å². The molecule has 0 radical (unpaired) electrons. The zero-order valence-electron chi connectivity index (χ0n) is 18.9. The Kier molecular flexibility index (Phi) is 7.82. The summed E-state index contributed by atoms with van der Waals surface area (Å²) < 4.78 is 12.4. The Morgan fingerprint density at radius 2 is 1.27 bits per heavy atom. The number of hydrogen-bond donors (Lipinski definition) is 0. The van der Waals surface area contributed by atoms with Crippen molar-refractivity contribution in [3.8, 4) is 43.5 Å². The maximum atomic E-state index is 6.19. The predicted octanol–water partition coefficient (Wildman–Crippen LogP) is 9.03. The molecule has 0 unspecified atom stereocenters. The van der Waals surface area contributed by atoms with Gasteiger partial charge in [-0.3, -0.25) is 0 Å². The van der Waals surface area contributed by atoms with Crippen LogP contribution in [0.3, 0.4) is 0 Å². The Morgan fingerprint density at radius 3 is 1.85 bits per heavy atom. The number of hydrogen-bond acceptors (Lipinski definition) is 4. The Morgan fingerprint density at radius 1 is 0.727 bits per heavy atom. The Hall–Kier alpha value is -3.08. The Bertz CT molecular complexity index is 1180. The molecular formula is C29H28O2S2. The first-order chi connectivity index (χ1) is 16.2. The second-order valence-electron chi connectivity index (χ2n) is 7.67. The van der Waals surface area contributed by atoms with Gasteiger partial charge in [-0.25, -0.2) is 0 Å². The number of aryl methyl sites for hydroxylation is 1. The zero-order chi connectivity index (χ0) is 23.0. The third-order valence-corrected chi connectivity index (χ3v) is 7.31. The first-order valence-corrected chi connectivity index (χ1v) is 12.8. The Balaban J connectivity index is 1.80. The van der Waals surface area contributed by atoms with Crippen LogP contribution >= 0.6 is 22.7 Å². The van der Waals surface area contributed by atoms with E-state index in [1.54, 1.807) is 22.7 Å². The second-order valence-corrected chi connectivity index (χ2v) is 9.51. The minimum absolute atomic E-state index is 0.583. The van der Waals surface area contributed by atoms with E-state index in [1.165, 1.54) is 26.4 Å². The van der Waals surface area contributed by atoms with Crippen LogP contribution in [0.2, 0.25) is 0 Å². The molecule has 0 bridgehead atoms. The maximum absolute atomic E-state index is 6.19. The highest BCUT2D eigenvalue weighted by atomic mass is 32.1. The predicted molar refractivity (Wildman–Crippen MR) is 144 cm³/mol. The van der Waals surface area contributed by atoms with Gasteiger partial charge in [0.05, 0.1) is 28.5 Å². The lowest BCUT2D eigenvalue weighted by atomic mass is 10.00. The fraction of sp³-hybridized carbons (Fsp3) is 0.172. The van der Waals surface area contributed by atoms with Crippen molar-refractivity contribution >= 4 is 22.7 Å². The van der Waals surface area contributed by atoms with E-state index < -0.39 is 0 Å². The van der Waals surface area contributed by atoms with E-state index >= 15 is 0 Å². The lowest BCUT2D eigenvalue weighted by molar-refractivity contribution is 0.311. The summed E-state index contributed by atoms with van der Waals surface area (Å²) in [5.41, 5.74) is 5.89. The average molecular weight is 473 g/mol. The van der Waals surface area contributed by atoms with Gasteiger partial charge < -0.3 is 9.47 Å². The standard InChI is InChI=1S/C29H28O2S2/c1-4-6-17-30-25-9-8-10-26(31-18-7-5-2)27(25)24-16-20-33-29(24)28-23(15-19-32-28)22-13-11-21(3)12-14-22/h4-5,8-16,19-20H,1-2,6-7,17-18H2,3H3. The van der Waals surface area contributed by atoms with E-state index in [0.29, 0.717) is 13.2 Å². The van der Waals surface area contributed by atoms with Crippen LogP contribution in [-0.2, 0) is 0 Å². The number of rotatable bonds is 11. The summed E-state index contributed by atoms with van der Waals surface area (Å²) >= 11 is 3.53. The molecule has 0 N–H and O–H groups in total. The van der Waals surface area contributed by atoms with E-state index in [4.69, 9.17) is 9.47 Å². The van der Waals surface area contributed by atoms with Gasteiger partial charge >= 0.3 is 0 Å². The van der Waals surface area contributed by atoms with Crippen molar-refractivity contribution < 1.29 is 9.47 Å². The van der Waals surface area contributed by atoms with Gasteiger partial charge in [0.15, 0.2) is 0 Å². The third kappa shape index (κ3) is 5.29. The topological polar surface area (TPSA) is 18.5 Å². The van der Waals surface area contributed by atoms with E-state index in [-0.39, 0.29) is 0 Å². The van der Waals surface area contributed by atoms with Gasteiger partial charge in [0.1, 0.15) is 11.5 Å². The smallest absolute Gasteiger partial charge is 0.130 e. The highest BCUT2D eigenvalue weighted by Gasteiger charge is 2.21. The molecule has 0 fully saturated rings. The van der Waals surface area contributed by atoms with Crippen molar-refractivity contribution in [3.63, 3.8) is 0 Å². The molecule has 0 aliphatic carbocycles. The van der Waals surface area contributed by atoms with Gasteiger partial charge in [0.25, 0.3) is 0 Å². The molecular weight excluding hydrogens is 444 g/mol. The van der Waals surface area contributed by atoms with Crippen LogP contribution in [0.15, 0.2) is 90.7 Å². The summed E-state index contributed by atoms with van der Waals surface area (Å²) in [6, 6.07) is 19.2. The summed E-state index contributed by atoms with van der Waals surface area (Å²) in [6.45, 7) is 10.9. The molecule has 0 atom stereocenters. The molecule has 2 aromatic heterocycles. The molecule has 168 valence electrons. The first-order valence-electron chi connectivity index (χ1n) is 11.1. The molecule has 0 aliphatic heterocycles. The van der Waals surface area contributed by atoms with Crippen molar-refractivity contribution in [2.75, 3.05) is 13.2 Å². The highest BCUT2D eigenvalue weighted by Crippen LogP contribution is 2.49. The zero-order valence-corrected chi connectivity index (χ0v) is 20.5. The summed E-state index contributed by atoms with van der Waals surface area (Å²) in [5.74, 6) is 1.67. The Labute approximate surface area is 204 Å². The van der Waals surface area contributed by atoms with Crippen molar-refractivity contribution in [1.82, 2.24) is 0 Å². The first kappa shape index (κ1) is 23.1. The molecule has 4 aromatic rings. The molecule has 2 nitrogen and oxygen atoms in total. The van der Waals surface area contributed by atoms with E-state index in [9.17, 15) is 0 Å². The lowest BCUT2D eigenvalue weighted by Crippen LogP contribution is -2.01. The SMILES string of the molecule is C=CCCOc1cccc(OCCC=C)c1-c1ccsc1-c1sccc1-c1ccc(C)cc1. The number of benzene rings is 2. The molecule has 33 heavy (non-hydrogen) atoms. The molecule has 0 aliphatic rings. The quantitative estimate of drug-likeness (QED) is 0.160. The van der Waals surface area contributed by atoms with Gasteiger partial charge in [-0.05, 0) is 60.4 Å². The van der Waals surface area contributed by atoms with Crippen LogP contribution < -0.4 is 9.47 Å². The third-order valence-electron chi connectivity index (χ3n) is 5.32. The molecule has 4 rings (SSSR count). The van der Waals surface area contributed by atoms with E-state index in [1.807, 2.05) is 30.4 Å². The van der Waals surface area contributed by atoms with Crippen molar-refractivity contribution in [1.29, 1.82) is 0 Å². The van der Waals surface area contributed by atoms with Crippen molar-refractivity contribution in [2.24, 2.45) is 0 Å². The van der Waals surface area contributed by atoms with Crippen LogP contribution in [0, 0.1) is 6.92 Å². The molecule has 2 heterocycles. The summed E-state index contributed by atoms with van der Waals surface area (Å²) in [7, 11) is 0. The molecule has 0 amide bonds. The molecule has 4 heteroatoms. The van der Waals surface area contributed by atoms with Gasteiger partial charge in [0, 0.05) is 11.1 Å². The van der Waals surface area contributed by atoms with Crippen LogP contribution in [0.25, 0.3) is 32.0 Å². The van der Waals surface area contributed by atoms with Crippen LogP contribution in [-0.4, -0.2) is 13.2 Å². The van der Waals surface area contributed by atoms with Crippen LogP contribution in [0.5, 0.6) is 11.5 Å². The fourth-order valence-corrected chi connectivity index (χ4v) is 5.66. The fourth-order valence-electron chi connectivity index (χ4n) is 3.65. The van der Waals surface area contributed by atoms with E-state index in [0.717, 1.165) is 35.5 Å². The minimum atomic E-state index is 0.583. The van der Waals surface area contributed by atoms with Gasteiger partial charge in [-0.2, -0.15) is 0 Å². The normalized spacial score (nSPS) is 10.7. The van der Waals surface area contributed by atoms with Crippen molar-refractivity contribution in [2.45, 2.75) is 19.8 Å². The largest absolute Gasteiger partial charge is 0.492 e. The summed E-state index contributed by atoms with van der Waals surface area (Å²) in [6.07, 6.45) is 5.33. The number of thiophene rings is 2. The van der Waals surface area contributed by atoms with Crippen LogP contribution in [0.1, 0.15) is 18.4 Å². The lowest BCUT2D eigenvalue weighted by Gasteiger charge is -2.17. The molecule has 0 saturated carbocycles. The number of ether oxygens (including phenoxy) is 2. The van der Waals surface area contributed by atoms with Gasteiger partial charge in [-0.15, -0.1) is 35.8 Å². The highest BCUT2D eigenvalue weighted by molar-refractivity contribution is 7.21. The van der Waals surface area contributed by atoms with Crippen molar-refractivity contribution in [3.05, 3.63) is 96.2 Å². The monoisotopic (exact) mass is 472 g/mol. The molecule has 0 saturated heterocycles. The van der Waals surface area contributed by atoms with E-state index in [2.05, 4.69) is 67.2 Å². The summed E-state index contributed by atoms with van der Waals surface area (Å²) in [5, 5.41) is 4.32. The second kappa shape index (κ2) is 11.2. The van der Waals surface area contributed by atoms with Gasteiger partial charge in [-0.1, -0.05) is 48.0 Å². The minimum Gasteiger partial charge on any atom is -0.492 e. The average Bonchev–Trinajstić information content (AvgIpc) is 3.49.